The minimum Gasteiger partial charge on any atom is -0.371 e. The molecule has 27 heavy (non-hydrogen) atoms. The third-order valence-electron chi connectivity index (χ3n) is 6.02. The van der Waals surface area contributed by atoms with Gasteiger partial charge in [0.15, 0.2) is 0 Å². The zero-order valence-electron chi connectivity index (χ0n) is 15.4. The van der Waals surface area contributed by atoms with Crippen molar-refractivity contribution >= 4 is 5.69 Å². The highest BCUT2D eigenvalue weighted by atomic mass is 15.3. The molecule has 1 unspecified atom stereocenters. The van der Waals surface area contributed by atoms with E-state index in [4.69, 9.17) is 0 Å². The highest BCUT2D eigenvalue weighted by Gasteiger charge is 2.31. The van der Waals surface area contributed by atoms with Gasteiger partial charge in [-0.3, -0.25) is 4.90 Å². The van der Waals surface area contributed by atoms with Gasteiger partial charge < -0.3 is 9.47 Å². The number of likely N-dealkylation sites (tertiary alicyclic amines) is 1. The molecule has 7 nitrogen and oxygen atoms in total. The molecular weight excluding hydrogens is 338 g/mol. The molecule has 7 heteroatoms. The minimum atomic E-state index is 0.592. The molecule has 0 bridgehead atoms. The molecular formula is C20H25N7. The number of hydrogen-bond acceptors (Lipinski definition) is 5. The van der Waals surface area contributed by atoms with Crippen molar-refractivity contribution in [1.82, 2.24) is 29.2 Å². The summed E-state index contributed by atoms with van der Waals surface area (Å²) in [5, 5.41) is 4.19. The fraction of sp³-hybridized carbons (Fsp3) is 0.450. The Morgan fingerprint density at radius 3 is 2.30 bits per heavy atom. The molecule has 0 amide bonds. The van der Waals surface area contributed by atoms with E-state index in [0.717, 1.165) is 25.3 Å². The summed E-state index contributed by atoms with van der Waals surface area (Å²) in [4.78, 5) is 13.4. The molecule has 5 rings (SSSR count). The van der Waals surface area contributed by atoms with Gasteiger partial charge in [-0.2, -0.15) is 5.10 Å². The van der Waals surface area contributed by atoms with Crippen molar-refractivity contribution in [2.75, 3.05) is 31.1 Å². The van der Waals surface area contributed by atoms with Crippen molar-refractivity contribution in [3.63, 3.8) is 0 Å². The summed E-state index contributed by atoms with van der Waals surface area (Å²) < 4.78 is 4.06. The standard InChI is InChI=1S/C20H25N7/c1-3-19(27-16-22-14-23-27)4-2-17(1)24-9-5-18(6-10-24)25-11-7-20(13-25)26-12-8-21-15-26/h1-4,8,12,14-16,18,20H,5-7,9-11,13H2. The monoisotopic (exact) mass is 363 g/mol. The first kappa shape index (κ1) is 16.5. The Kier molecular flexibility index (Phi) is 4.37. The van der Waals surface area contributed by atoms with Gasteiger partial charge in [-0.1, -0.05) is 0 Å². The third kappa shape index (κ3) is 3.35. The highest BCUT2D eigenvalue weighted by Crippen LogP contribution is 2.29. The normalized spacial score (nSPS) is 21.8. The predicted octanol–water partition coefficient (Wildman–Crippen LogP) is 2.38. The van der Waals surface area contributed by atoms with Crippen molar-refractivity contribution in [2.24, 2.45) is 0 Å². The Hall–Kier alpha value is -2.67. The van der Waals surface area contributed by atoms with Gasteiger partial charge >= 0.3 is 0 Å². The van der Waals surface area contributed by atoms with Crippen LogP contribution >= 0.6 is 0 Å². The van der Waals surface area contributed by atoms with E-state index in [9.17, 15) is 0 Å². The molecule has 0 saturated carbocycles. The molecule has 1 aromatic carbocycles. The molecule has 140 valence electrons. The summed E-state index contributed by atoms with van der Waals surface area (Å²) in [5.74, 6) is 0. The first-order chi connectivity index (χ1) is 13.4. The smallest absolute Gasteiger partial charge is 0.138 e. The van der Waals surface area contributed by atoms with Crippen molar-refractivity contribution in [1.29, 1.82) is 0 Å². The average Bonchev–Trinajstić information content (AvgIpc) is 3.50. The molecule has 0 aliphatic carbocycles. The van der Waals surface area contributed by atoms with Gasteiger partial charge in [0, 0.05) is 56.3 Å². The topological polar surface area (TPSA) is 55.0 Å². The maximum Gasteiger partial charge on any atom is 0.138 e. The van der Waals surface area contributed by atoms with Crippen molar-refractivity contribution in [3.05, 3.63) is 55.6 Å². The van der Waals surface area contributed by atoms with Gasteiger partial charge in [-0.15, -0.1) is 0 Å². The zero-order valence-corrected chi connectivity index (χ0v) is 15.4. The summed E-state index contributed by atoms with van der Waals surface area (Å²) in [6, 6.07) is 9.93. The molecule has 2 aliphatic rings. The Morgan fingerprint density at radius 2 is 1.59 bits per heavy atom. The number of nitrogens with zero attached hydrogens (tertiary/aromatic N) is 7. The highest BCUT2D eigenvalue weighted by molar-refractivity contribution is 5.51. The summed E-state index contributed by atoms with van der Waals surface area (Å²) >= 11 is 0. The lowest BCUT2D eigenvalue weighted by Crippen LogP contribution is -2.44. The van der Waals surface area contributed by atoms with Crippen LogP contribution in [0.4, 0.5) is 5.69 Å². The molecule has 0 radical (unpaired) electrons. The lowest BCUT2D eigenvalue weighted by atomic mass is 10.0. The summed E-state index contributed by atoms with van der Waals surface area (Å²) in [6.45, 7) is 4.62. The number of piperidine rings is 1. The van der Waals surface area contributed by atoms with E-state index >= 15 is 0 Å². The maximum absolute atomic E-state index is 4.20. The number of rotatable bonds is 4. The second-order valence-corrected chi connectivity index (χ2v) is 7.52. The first-order valence-electron chi connectivity index (χ1n) is 9.78. The van der Waals surface area contributed by atoms with Gasteiger partial charge in [-0.25, -0.2) is 14.6 Å². The molecule has 2 saturated heterocycles. The third-order valence-corrected chi connectivity index (χ3v) is 6.02. The number of hydrogen-bond donors (Lipinski definition) is 0. The summed E-state index contributed by atoms with van der Waals surface area (Å²) in [6.07, 6.45) is 12.9. The second-order valence-electron chi connectivity index (χ2n) is 7.52. The summed E-state index contributed by atoms with van der Waals surface area (Å²) in [5.41, 5.74) is 2.35. The molecule has 2 aliphatic heterocycles. The largest absolute Gasteiger partial charge is 0.371 e. The van der Waals surface area contributed by atoms with Crippen LogP contribution in [0.25, 0.3) is 5.69 Å². The van der Waals surface area contributed by atoms with Crippen molar-refractivity contribution in [3.8, 4) is 5.69 Å². The van der Waals surface area contributed by atoms with Gasteiger partial charge in [0.1, 0.15) is 12.7 Å². The number of benzene rings is 1. The van der Waals surface area contributed by atoms with Crippen LogP contribution in [0.5, 0.6) is 0 Å². The van der Waals surface area contributed by atoms with Crippen LogP contribution in [0.3, 0.4) is 0 Å². The minimum absolute atomic E-state index is 0.592. The lowest BCUT2D eigenvalue weighted by Gasteiger charge is -2.38. The van der Waals surface area contributed by atoms with Crippen LogP contribution in [0, 0.1) is 0 Å². The van der Waals surface area contributed by atoms with Gasteiger partial charge in [-0.05, 0) is 43.5 Å². The second kappa shape index (κ2) is 7.15. The van der Waals surface area contributed by atoms with Gasteiger partial charge in [0.2, 0.25) is 0 Å². The molecule has 1 atom stereocenters. The van der Waals surface area contributed by atoms with Crippen molar-refractivity contribution in [2.45, 2.75) is 31.3 Å². The Morgan fingerprint density at radius 1 is 0.815 bits per heavy atom. The molecule has 2 fully saturated rings. The molecule has 2 aromatic heterocycles. The average molecular weight is 363 g/mol. The number of anilines is 1. The molecule has 0 spiro atoms. The maximum atomic E-state index is 4.20. The fourth-order valence-electron chi connectivity index (χ4n) is 4.48. The van der Waals surface area contributed by atoms with Crippen molar-refractivity contribution < 1.29 is 0 Å². The molecule has 3 aromatic rings. The van der Waals surface area contributed by atoms with E-state index < -0.39 is 0 Å². The molecule has 0 N–H and O–H groups in total. The van der Waals surface area contributed by atoms with Crippen LogP contribution in [0.15, 0.2) is 55.6 Å². The number of aromatic nitrogens is 5. The van der Waals surface area contributed by atoms with Crippen LogP contribution < -0.4 is 4.90 Å². The van der Waals surface area contributed by atoms with Gasteiger partial charge in [0.05, 0.1) is 12.0 Å². The summed E-state index contributed by atoms with van der Waals surface area (Å²) in [7, 11) is 0. The Labute approximate surface area is 159 Å². The fourth-order valence-corrected chi connectivity index (χ4v) is 4.48. The van der Waals surface area contributed by atoms with Gasteiger partial charge in [0.25, 0.3) is 0 Å². The Bertz CT molecular complexity index is 833. The van der Waals surface area contributed by atoms with E-state index in [2.05, 4.69) is 59.9 Å². The molecule has 4 heterocycles. The van der Waals surface area contributed by atoms with Crippen LogP contribution in [-0.2, 0) is 0 Å². The lowest BCUT2D eigenvalue weighted by molar-refractivity contribution is 0.201. The van der Waals surface area contributed by atoms with E-state index in [1.807, 2.05) is 12.5 Å². The van der Waals surface area contributed by atoms with E-state index in [1.165, 1.54) is 31.5 Å². The van der Waals surface area contributed by atoms with E-state index in [1.54, 1.807) is 17.3 Å². The SMILES string of the molecule is c1cn(C2CCN(C3CCN(c4ccc(-n5cncn5)cc4)CC3)C2)cn1. The van der Waals surface area contributed by atoms with E-state index in [0.29, 0.717) is 12.1 Å². The number of imidazole rings is 1. The van der Waals surface area contributed by atoms with Crippen LogP contribution in [0.2, 0.25) is 0 Å². The first-order valence-corrected chi connectivity index (χ1v) is 9.78. The van der Waals surface area contributed by atoms with Crippen LogP contribution in [-0.4, -0.2) is 61.4 Å². The quantitative estimate of drug-likeness (QED) is 0.712. The predicted molar refractivity (Wildman–Crippen MR) is 104 cm³/mol. The van der Waals surface area contributed by atoms with E-state index in [-0.39, 0.29) is 0 Å². The van der Waals surface area contributed by atoms with Crippen LogP contribution in [0.1, 0.15) is 25.3 Å². The Balaban J connectivity index is 1.17. The zero-order chi connectivity index (χ0) is 18.1.